The van der Waals surface area contributed by atoms with Crippen molar-refractivity contribution >= 4 is 21.6 Å². The fourth-order valence-corrected chi connectivity index (χ4v) is 1.51. The Kier molecular flexibility index (Phi) is 3.48. The number of anilines is 1. The Labute approximate surface area is 83.5 Å². The van der Waals surface area contributed by atoms with Gasteiger partial charge in [-0.05, 0) is 28.4 Å². The molecule has 1 heterocycles. The average molecular weight is 249 g/mol. The lowest BCUT2D eigenvalue weighted by molar-refractivity contribution is 0.443. The number of nitrogen functional groups attached to an aromatic ring is 1. The van der Waals surface area contributed by atoms with E-state index in [-0.39, 0.29) is 5.56 Å². The van der Waals surface area contributed by atoms with Crippen molar-refractivity contribution in [1.29, 1.82) is 0 Å². The molecule has 0 aliphatic rings. The Balaban J connectivity index is 2.99. The van der Waals surface area contributed by atoms with Gasteiger partial charge in [-0.1, -0.05) is 0 Å². The maximum atomic E-state index is 11.9. The number of halogens is 2. The summed E-state index contributed by atoms with van der Waals surface area (Å²) in [6, 6.07) is 1.54. The molecule has 0 amide bonds. The molecule has 0 fully saturated rings. The van der Waals surface area contributed by atoms with Gasteiger partial charge in [0.25, 0.3) is 5.56 Å². The summed E-state index contributed by atoms with van der Waals surface area (Å²) < 4.78 is 13.7. The molecule has 0 aliphatic carbocycles. The lowest BCUT2D eigenvalue weighted by Crippen LogP contribution is -2.21. The van der Waals surface area contributed by atoms with Crippen LogP contribution in [0.2, 0.25) is 0 Å². The number of aryl methyl sites for hydroxylation is 1. The van der Waals surface area contributed by atoms with Gasteiger partial charge in [-0.15, -0.1) is 0 Å². The molecule has 3 nitrogen and oxygen atoms in total. The van der Waals surface area contributed by atoms with Gasteiger partial charge >= 0.3 is 0 Å². The number of hydrogen-bond donors (Lipinski definition) is 1. The summed E-state index contributed by atoms with van der Waals surface area (Å²) in [4.78, 5) is 11.4. The largest absolute Gasteiger partial charge is 0.398 e. The molecule has 72 valence electrons. The van der Waals surface area contributed by atoms with Crippen molar-refractivity contribution in [1.82, 2.24) is 4.57 Å². The Bertz CT molecular complexity index is 350. The third kappa shape index (κ3) is 2.55. The highest BCUT2D eigenvalue weighted by atomic mass is 79.9. The standard InChI is InChI=1S/C8H10BrFN2O/c9-7-4-6(11)5-12(8(7)13)3-1-2-10/h4-5H,1-3,11H2. The molecule has 0 bridgehead atoms. The predicted molar refractivity (Wildman–Crippen MR) is 53.4 cm³/mol. The van der Waals surface area contributed by atoms with Gasteiger partial charge in [-0.2, -0.15) is 0 Å². The highest BCUT2D eigenvalue weighted by Gasteiger charge is 2.01. The molecule has 0 unspecified atom stereocenters. The van der Waals surface area contributed by atoms with Crippen molar-refractivity contribution < 1.29 is 4.39 Å². The molecule has 1 aromatic rings. The van der Waals surface area contributed by atoms with Crippen LogP contribution in [0.25, 0.3) is 0 Å². The number of rotatable bonds is 3. The Hall–Kier alpha value is -0.840. The zero-order valence-corrected chi connectivity index (χ0v) is 8.55. The van der Waals surface area contributed by atoms with Gasteiger partial charge in [0.1, 0.15) is 0 Å². The number of aromatic nitrogens is 1. The number of pyridine rings is 1. The normalized spacial score (nSPS) is 10.3. The van der Waals surface area contributed by atoms with Crippen molar-refractivity contribution in [2.75, 3.05) is 12.4 Å². The van der Waals surface area contributed by atoms with Crippen molar-refractivity contribution in [2.24, 2.45) is 0 Å². The molecular weight excluding hydrogens is 239 g/mol. The quantitative estimate of drug-likeness (QED) is 0.883. The highest BCUT2D eigenvalue weighted by Crippen LogP contribution is 2.08. The molecule has 0 saturated carbocycles. The first-order valence-electron chi connectivity index (χ1n) is 3.86. The molecule has 13 heavy (non-hydrogen) atoms. The second kappa shape index (κ2) is 4.41. The van der Waals surface area contributed by atoms with E-state index in [0.717, 1.165) is 0 Å². The number of alkyl halides is 1. The monoisotopic (exact) mass is 248 g/mol. The summed E-state index contributed by atoms with van der Waals surface area (Å²) in [6.07, 6.45) is 1.85. The molecule has 0 aliphatic heterocycles. The van der Waals surface area contributed by atoms with Gasteiger partial charge in [-0.3, -0.25) is 9.18 Å². The summed E-state index contributed by atoms with van der Waals surface area (Å²) in [5.74, 6) is 0. The first-order valence-corrected chi connectivity index (χ1v) is 4.66. The van der Waals surface area contributed by atoms with Gasteiger partial charge < -0.3 is 10.3 Å². The minimum absolute atomic E-state index is 0.178. The molecule has 0 spiro atoms. The predicted octanol–water partition coefficient (Wildman–Crippen LogP) is 1.55. The van der Waals surface area contributed by atoms with Gasteiger partial charge in [0.15, 0.2) is 0 Å². The number of nitrogens with two attached hydrogens (primary N) is 1. The van der Waals surface area contributed by atoms with Crippen LogP contribution in [-0.4, -0.2) is 11.2 Å². The molecule has 0 atom stereocenters. The summed E-state index contributed by atoms with van der Waals surface area (Å²) in [6.45, 7) is -0.0716. The smallest absolute Gasteiger partial charge is 0.264 e. The van der Waals surface area contributed by atoms with E-state index >= 15 is 0 Å². The lowest BCUT2D eigenvalue weighted by atomic mass is 10.4. The van der Waals surface area contributed by atoms with E-state index in [1.54, 1.807) is 0 Å². The zero-order chi connectivity index (χ0) is 9.84. The van der Waals surface area contributed by atoms with Crippen LogP contribution in [0.1, 0.15) is 6.42 Å². The van der Waals surface area contributed by atoms with E-state index in [1.807, 2.05) is 0 Å². The second-order valence-corrected chi connectivity index (χ2v) is 3.52. The van der Waals surface area contributed by atoms with Gasteiger partial charge in [-0.25, -0.2) is 0 Å². The van der Waals surface area contributed by atoms with E-state index in [1.165, 1.54) is 16.8 Å². The molecule has 0 aromatic carbocycles. The van der Waals surface area contributed by atoms with Crippen molar-refractivity contribution in [2.45, 2.75) is 13.0 Å². The zero-order valence-electron chi connectivity index (χ0n) is 6.96. The molecule has 0 saturated heterocycles. The number of nitrogens with zero attached hydrogens (tertiary/aromatic N) is 1. The van der Waals surface area contributed by atoms with E-state index in [9.17, 15) is 9.18 Å². The van der Waals surface area contributed by atoms with Crippen molar-refractivity contribution in [3.05, 3.63) is 27.1 Å². The Morgan fingerprint density at radius 3 is 2.92 bits per heavy atom. The van der Waals surface area contributed by atoms with Gasteiger partial charge in [0, 0.05) is 18.4 Å². The van der Waals surface area contributed by atoms with E-state index in [4.69, 9.17) is 5.73 Å². The third-order valence-corrected chi connectivity index (χ3v) is 2.16. The summed E-state index contributed by atoms with van der Waals surface area (Å²) in [5, 5.41) is 0. The third-order valence-electron chi connectivity index (χ3n) is 1.60. The van der Waals surface area contributed by atoms with E-state index < -0.39 is 6.67 Å². The van der Waals surface area contributed by atoms with Crippen LogP contribution < -0.4 is 11.3 Å². The average Bonchev–Trinajstić information content (AvgIpc) is 2.09. The minimum Gasteiger partial charge on any atom is -0.398 e. The summed E-state index contributed by atoms with van der Waals surface area (Å²) in [5.41, 5.74) is 5.83. The SMILES string of the molecule is Nc1cc(Br)c(=O)n(CCCF)c1. The van der Waals surface area contributed by atoms with Gasteiger partial charge in [0.2, 0.25) is 0 Å². The molecule has 1 aromatic heterocycles. The van der Waals surface area contributed by atoms with E-state index in [2.05, 4.69) is 15.9 Å². The summed E-state index contributed by atoms with van der Waals surface area (Å²) >= 11 is 3.08. The van der Waals surface area contributed by atoms with Crippen molar-refractivity contribution in [3.63, 3.8) is 0 Å². The Morgan fingerprint density at radius 1 is 1.62 bits per heavy atom. The molecule has 5 heteroatoms. The molecule has 0 radical (unpaired) electrons. The number of hydrogen-bond acceptors (Lipinski definition) is 2. The topological polar surface area (TPSA) is 48.0 Å². The lowest BCUT2D eigenvalue weighted by Gasteiger charge is -2.05. The maximum Gasteiger partial charge on any atom is 0.264 e. The maximum absolute atomic E-state index is 11.9. The first-order chi connectivity index (χ1) is 6.15. The molecular formula is C8H10BrFN2O. The minimum atomic E-state index is -0.432. The molecule has 2 N–H and O–H groups in total. The highest BCUT2D eigenvalue weighted by molar-refractivity contribution is 9.10. The van der Waals surface area contributed by atoms with Crippen LogP contribution in [0.15, 0.2) is 21.5 Å². The van der Waals surface area contributed by atoms with Crippen LogP contribution in [-0.2, 0) is 6.54 Å². The van der Waals surface area contributed by atoms with Crippen LogP contribution in [0.3, 0.4) is 0 Å². The van der Waals surface area contributed by atoms with Crippen molar-refractivity contribution in [3.8, 4) is 0 Å². The fourth-order valence-electron chi connectivity index (χ4n) is 1.02. The van der Waals surface area contributed by atoms with Gasteiger partial charge in [0.05, 0.1) is 11.1 Å². The summed E-state index contributed by atoms with van der Waals surface area (Å²) in [7, 11) is 0. The van der Waals surface area contributed by atoms with Crippen LogP contribution in [0.4, 0.5) is 10.1 Å². The fraction of sp³-hybridized carbons (Fsp3) is 0.375. The Morgan fingerprint density at radius 2 is 2.31 bits per heavy atom. The first kappa shape index (κ1) is 10.2. The second-order valence-electron chi connectivity index (χ2n) is 2.66. The van der Waals surface area contributed by atoms with Crippen LogP contribution in [0, 0.1) is 0 Å². The molecule has 1 rings (SSSR count). The van der Waals surface area contributed by atoms with Crippen LogP contribution in [0.5, 0.6) is 0 Å². The van der Waals surface area contributed by atoms with E-state index in [0.29, 0.717) is 23.1 Å². The van der Waals surface area contributed by atoms with Crippen LogP contribution >= 0.6 is 15.9 Å².